The van der Waals surface area contributed by atoms with Crippen LogP contribution in [-0.2, 0) is 11.8 Å². The summed E-state index contributed by atoms with van der Waals surface area (Å²) in [5, 5.41) is 11.5. The molecule has 0 spiro atoms. The Morgan fingerprint density at radius 1 is 1.03 bits per heavy atom. The molecule has 2 fully saturated rings. The van der Waals surface area contributed by atoms with E-state index in [1.165, 1.54) is 5.69 Å². The fourth-order valence-corrected chi connectivity index (χ4v) is 5.61. The van der Waals surface area contributed by atoms with Crippen molar-refractivity contribution in [2.45, 2.75) is 18.9 Å². The Morgan fingerprint density at radius 3 is 2.55 bits per heavy atom. The van der Waals surface area contributed by atoms with Gasteiger partial charge in [-0.25, -0.2) is 0 Å². The number of ether oxygens (including phenoxy) is 1. The van der Waals surface area contributed by atoms with Crippen LogP contribution in [0.1, 0.15) is 18.4 Å². The van der Waals surface area contributed by atoms with Gasteiger partial charge in [0.2, 0.25) is 0 Å². The number of morpholine rings is 1. The van der Waals surface area contributed by atoms with Crippen molar-refractivity contribution in [3.8, 4) is 6.07 Å². The highest BCUT2D eigenvalue weighted by atomic mass is 16.5. The number of fused-ring (bicyclic) bond motifs is 4. The summed E-state index contributed by atoms with van der Waals surface area (Å²) in [5.41, 5.74) is 4.31. The average Bonchev–Trinajstić information content (AvgIpc) is 3.27. The maximum absolute atomic E-state index is 13.4. The molecule has 0 aliphatic carbocycles. The number of H-pyrrole nitrogens is 1. The van der Waals surface area contributed by atoms with Gasteiger partial charge in [-0.05, 0) is 43.2 Å². The molecule has 0 amide bonds. The van der Waals surface area contributed by atoms with E-state index in [9.17, 15) is 10.1 Å². The van der Waals surface area contributed by atoms with E-state index in [2.05, 4.69) is 37.6 Å². The molecule has 168 valence electrons. The predicted octanol–water partition coefficient (Wildman–Crippen LogP) is 3.35. The highest BCUT2D eigenvalue weighted by Crippen LogP contribution is 2.30. The minimum Gasteiger partial charge on any atom is -0.379 e. The number of aromatic nitrogens is 2. The zero-order valence-electron chi connectivity index (χ0n) is 18.8. The molecule has 0 radical (unpaired) electrons. The van der Waals surface area contributed by atoms with E-state index in [0.29, 0.717) is 17.0 Å². The molecule has 6 rings (SSSR count). The molecule has 0 saturated carbocycles. The highest BCUT2D eigenvalue weighted by molar-refractivity contribution is 6.10. The van der Waals surface area contributed by atoms with Crippen molar-refractivity contribution < 1.29 is 4.74 Å². The maximum atomic E-state index is 13.4. The lowest BCUT2D eigenvalue weighted by Gasteiger charge is -2.40. The lowest BCUT2D eigenvalue weighted by atomic mass is 10.0. The third kappa shape index (κ3) is 3.29. The molecule has 4 heterocycles. The van der Waals surface area contributed by atoms with E-state index in [1.54, 1.807) is 6.07 Å². The number of anilines is 1. The number of aromatic amines is 1. The fourth-order valence-electron chi connectivity index (χ4n) is 5.61. The Labute approximate surface area is 191 Å². The molecule has 0 atom stereocenters. The van der Waals surface area contributed by atoms with Crippen molar-refractivity contribution in [3.05, 3.63) is 52.2 Å². The van der Waals surface area contributed by atoms with Gasteiger partial charge in [0.1, 0.15) is 5.65 Å². The van der Waals surface area contributed by atoms with Crippen molar-refractivity contribution in [2.24, 2.45) is 7.05 Å². The molecule has 1 N–H and O–H groups in total. The normalized spacial score (nSPS) is 18.4. The number of aryl methyl sites for hydroxylation is 1. The van der Waals surface area contributed by atoms with Crippen LogP contribution in [0.4, 0.5) is 5.69 Å². The Morgan fingerprint density at radius 2 is 1.79 bits per heavy atom. The molecule has 2 aromatic heterocycles. The van der Waals surface area contributed by atoms with Gasteiger partial charge in [-0.2, -0.15) is 5.26 Å². The van der Waals surface area contributed by atoms with Crippen LogP contribution >= 0.6 is 0 Å². The smallest absolute Gasteiger partial charge is 0.199 e. The Bertz CT molecular complexity index is 1460. The van der Waals surface area contributed by atoms with Crippen molar-refractivity contribution >= 4 is 38.5 Å². The Kier molecular flexibility index (Phi) is 4.86. The summed E-state index contributed by atoms with van der Waals surface area (Å²) in [6.07, 6.45) is 2.30. The lowest BCUT2D eigenvalue weighted by molar-refractivity contribution is 0.0115. The molecule has 0 bridgehead atoms. The number of benzene rings is 2. The first-order valence-electron chi connectivity index (χ1n) is 11.7. The highest BCUT2D eigenvalue weighted by Gasteiger charge is 2.26. The maximum Gasteiger partial charge on any atom is 0.199 e. The number of nitrogens with one attached hydrogen (secondary N) is 1. The van der Waals surface area contributed by atoms with Crippen molar-refractivity contribution in [3.63, 3.8) is 0 Å². The first-order valence-corrected chi connectivity index (χ1v) is 11.7. The van der Waals surface area contributed by atoms with Gasteiger partial charge < -0.3 is 19.2 Å². The predicted molar refractivity (Wildman–Crippen MR) is 131 cm³/mol. The van der Waals surface area contributed by atoms with E-state index in [0.717, 1.165) is 79.7 Å². The van der Waals surface area contributed by atoms with Crippen LogP contribution in [0.2, 0.25) is 0 Å². The van der Waals surface area contributed by atoms with Crippen LogP contribution in [0, 0.1) is 11.3 Å². The zero-order valence-corrected chi connectivity index (χ0v) is 18.8. The Balaban J connectivity index is 1.37. The summed E-state index contributed by atoms with van der Waals surface area (Å²) in [4.78, 5) is 21.8. The van der Waals surface area contributed by atoms with Gasteiger partial charge in [0, 0.05) is 61.2 Å². The third-order valence-corrected chi connectivity index (χ3v) is 7.45. The van der Waals surface area contributed by atoms with Gasteiger partial charge in [-0.1, -0.05) is 6.07 Å². The van der Waals surface area contributed by atoms with Gasteiger partial charge in [-0.3, -0.25) is 9.69 Å². The fraction of sp³-hybridized carbons (Fsp3) is 0.385. The second kappa shape index (κ2) is 7.91. The second-order valence-electron chi connectivity index (χ2n) is 9.18. The molecule has 2 saturated heterocycles. The monoisotopic (exact) mass is 441 g/mol. The summed E-state index contributed by atoms with van der Waals surface area (Å²) in [6, 6.07) is 14.5. The molecule has 7 nitrogen and oxygen atoms in total. The molecule has 2 aliphatic rings. The molecular weight excluding hydrogens is 414 g/mol. The molecule has 2 aromatic carbocycles. The van der Waals surface area contributed by atoms with Gasteiger partial charge in [0.15, 0.2) is 5.43 Å². The van der Waals surface area contributed by atoms with E-state index in [4.69, 9.17) is 4.74 Å². The number of nitriles is 1. The minimum atomic E-state index is 0.0339. The van der Waals surface area contributed by atoms with Crippen LogP contribution in [0.25, 0.3) is 32.8 Å². The van der Waals surface area contributed by atoms with E-state index in [-0.39, 0.29) is 5.43 Å². The van der Waals surface area contributed by atoms with Crippen LogP contribution in [-0.4, -0.2) is 59.9 Å². The van der Waals surface area contributed by atoms with Gasteiger partial charge >= 0.3 is 0 Å². The van der Waals surface area contributed by atoms with Gasteiger partial charge in [0.05, 0.1) is 35.7 Å². The summed E-state index contributed by atoms with van der Waals surface area (Å²) in [5.74, 6) is 0. The largest absolute Gasteiger partial charge is 0.379 e. The second-order valence-corrected chi connectivity index (χ2v) is 9.18. The van der Waals surface area contributed by atoms with Crippen molar-refractivity contribution in [1.29, 1.82) is 5.26 Å². The van der Waals surface area contributed by atoms with Crippen LogP contribution < -0.4 is 10.3 Å². The summed E-state index contributed by atoms with van der Waals surface area (Å²) < 4.78 is 7.58. The summed E-state index contributed by atoms with van der Waals surface area (Å²) in [7, 11) is 2.00. The molecule has 0 unspecified atom stereocenters. The number of rotatable bonds is 2. The quantitative estimate of drug-likeness (QED) is 0.516. The minimum absolute atomic E-state index is 0.0339. The summed E-state index contributed by atoms with van der Waals surface area (Å²) in [6.45, 7) is 5.82. The standard InChI is InChI=1S/C26H27N5O2/c1-29-23-15-19(30-8-6-18(7-9-30)31-10-12-33-13-11-31)3-5-21(23)25(32)24-20-4-2-17(16-27)14-22(20)28-26(24)29/h2-5,14-15,18,28H,6-13H2,1H3. The van der Waals surface area contributed by atoms with Crippen LogP contribution in [0.15, 0.2) is 41.2 Å². The Hall–Kier alpha value is -3.34. The molecule has 33 heavy (non-hydrogen) atoms. The van der Waals surface area contributed by atoms with Gasteiger partial charge in [0.25, 0.3) is 0 Å². The SMILES string of the molecule is Cn1c2cc(N3CCC(N4CCOCC4)CC3)ccc2c(=O)c2c3ccc(C#N)cc3[nH]c21. The molecular formula is C26H27N5O2. The first-order chi connectivity index (χ1) is 16.1. The van der Waals surface area contributed by atoms with Crippen LogP contribution in [0.5, 0.6) is 0 Å². The molecule has 2 aliphatic heterocycles. The topological polar surface area (TPSA) is 77.3 Å². The molecule has 7 heteroatoms. The number of hydrogen-bond acceptors (Lipinski definition) is 5. The number of piperidine rings is 1. The first kappa shape index (κ1) is 20.3. The van der Waals surface area contributed by atoms with E-state index < -0.39 is 0 Å². The molecule has 4 aromatic rings. The lowest BCUT2D eigenvalue weighted by Crippen LogP contribution is -2.49. The van der Waals surface area contributed by atoms with Crippen molar-refractivity contribution in [1.82, 2.24) is 14.5 Å². The number of pyridine rings is 1. The van der Waals surface area contributed by atoms with E-state index >= 15 is 0 Å². The number of nitrogens with zero attached hydrogens (tertiary/aromatic N) is 4. The zero-order chi connectivity index (χ0) is 22.5. The van der Waals surface area contributed by atoms with E-state index in [1.807, 2.05) is 25.2 Å². The van der Waals surface area contributed by atoms with Crippen molar-refractivity contribution in [2.75, 3.05) is 44.3 Å². The average molecular weight is 442 g/mol. The number of hydrogen-bond donors (Lipinski definition) is 1. The third-order valence-electron chi connectivity index (χ3n) is 7.45. The van der Waals surface area contributed by atoms with Crippen LogP contribution in [0.3, 0.4) is 0 Å². The summed E-state index contributed by atoms with van der Waals surface area (Å²) >= 11 is 0. The van der Waals surface area contributed by atoms with Gasteiger partial charge in [-0.15, -0.1) is 0 Å².